The van der Waals surface area contributed by atoms with Crippen molar-refractivity contribution >= 4 is 27.6 Å². The van der Waals surface area contributed by atoms with Crippen LogP contribution in [0.5, 0.6) is 0 Å². The first-order chi connectivity index (χ1) is 12.3. The lowest BCUT2D eigenvalue weighted by Gasteiger charge is -2.09. The van der Waals surface area contributed by atoms with Gasteiger partial charge in [-0.1, -0.05) is 17.7 Å². The molecule has 0 atom stereocenters. The highest BCUT2D eigenvalue weighted by Crippen LogP contribution is 2.25. The first-order valence-electron chi connectivity index (χ1n) is 7.45. The maximum atomic E-state index is 13.0. The molecule has 0 amide bonds. The molecule has 26 heavy (non-hydrogen) atoms. The number of aryl methyl sites for hydroxylation is 1. The Kier molecular flexibility index (Phi) is 4.80. The van der Waals surface area contributed by atoms with Crippen molar-refractivity contribution in [2.45, 2.75) is 11.8 Å². The van der Waals surface area contributed by atoms with Gasteiger partial charge in [-0.2, -0.15) is 0 Å². The Morgan fingerprint density at radius 2 is 1.88 bits per heavy atom. The van der Waals surface area contributed by atoms with Gasteiger partial charge < -0.3 is 4.74 Å². The first-order valence-corrected chi connectivity index (χ1v) is 9.26. The van der Waals surface area contributed by atoms with Gasteiger partial charge in [-0.3, -0.25) is 0 Å². The van der Waals surface area contributed by atoms with Crippen molar-refractivity contribution in [3.63, 3.8) is 0 Å². The highest BCUT2D eigenvalue weighted by atomic mass is 35.5. The second-order valence-electron chi connectivity index (χ2n) is 5.43. The molecule has 0 spiro atoms. The molecule has 0 bridgehead atoms. The fourth-order valence-electron chi connectivity index (χ4n) is 2.36. The van der Waals surface area contributed by atoms with Crippen LogP contribution in [-0.4, -0.2) is 35.4 Å². The van der Waals surface area contributed by atoms with Crippen LogP contribution in [-0.2, 0) is 14.8 Å². The molecule has 2 heterocycles. The van der Waals surface area contributed by atoms with Crippen LogP contribution in [0.15, 0.2) is 53.7 Å². The molecule has 7 nitrogen and oxygen atoms in total. The smallest absolute Gasteiger partial charge is 0.355 e. The normalized spacial score (nSPS) is 11.3. The quantitative estimate of drug-likeness (QED) is 0.501. The maximum absolute atomic E-state index is 13.0. The standard InChI is InChI=1S/C17H14ClN3O4S/c1-11-3-5-13(6-4-11)26(23,24)21-10-12(9-15(21)16(22)25-2)14-7-8-19-17(18)20-14/h3-10H,1-2H3. The van der Waals surface area contributed by atoms with Crippen LogP contribution in [0, 0.1) is 6.92 Å². The number of ether oxygens (including phenoxy) is 1. The Labute approximate surface area is 155 Å². The Balaban J connectivity index is 2.19. The summed E-state index contributed by atoms with van der Waals surface area (Å²) in [7, 11) is -2.82. The maximum Gasteiger partial charge on any atom is 0.355 e. The molecule has 2 aromatic heterocycles. The minimum atomic E-state index is -4.00. The van der Waals surface area contributed by atoms with Crippen LogP contribution in [0.1, 0.15) is 16.1 Å². The summed E-state index contributed by atoms with van der Waals surface area (Å²) in [6, 6.07) is 9.26. The van der Waals surface area contributed by atoms with Crippen molar-refractivity contribution in [3.8, 4) is 11.3 Å². The lowest BCUT2D eigenvalue weighted by atomic mass is 10.2. The van der Waals surface area contributed by atoms with E-state index in [2.05, 4.69) is 9.97 Å². The summed E-state index contributed by atoms with van der Waals surface area (Å²) in [5.74, 6) is -0.785. The van der Waals surface area contributed by atoms with E-state index in [-0.39, 0.29) is 15.9 Å². The average molecular weight is 392 g/mol. The molecule has 0 aliphatic rings. The highest BCUT2D eigenvalue weighted by molar-refractivity contribution is 7.90. The fraction of sp³-hybridized carbons (Fsp3) is 0.118. The third kappa shape index (κ3) is 3.33. The summed E-state index contributed by atoms with van der Waals surface area (Å²) in [6.07, 6.45) is 2.74. The zero-order valence-electron chi connectivity index (χ0n) is 13.9. The molecule has 0 radical (unpaired) electrons. The predicted octanol–water partition coefficient (Wildman–Crippen LogP) is 2.93. The van der Waals surface area contributed by atoms with Gasteiger partial charge in [0.2, 0.25) is 5.28 Å². The van der Waals surface area contributed by atoms with E-state index in [1.54, 1.807) is 18.2 Å². The van der Waals surface area contributed by atoms with Crippen molar-refractivity contribution in [3.05, 3.63) is 65.3 Å². The molecule has 0 aliphatic carbocycles. The first kappa shape index (κ1) is 18.1. The van der Waals surface area contributed by atoms with E-state index in [0.29, 0.717) is 11.3 Å². The second kappa shape index (κ2) is 6.89. The third-order valence-electron chi connectivity index (χ3n) is 3.68. The Morgan fingerprint density at radius 3 is 2.50 bits per heavy atom. The van der Waals surface area contributed by atoms with Gasteiger partial charge in [0.25, 0.3) is 10.0 Å². The predicted molar refractivity (Wildman–Crippen MR) is 95.6 cm³/mol. The summed E-state index contributed by atoms with van der Waals surface area (Å²) in [5.41, 5.74) is 1.55. The monoisotopic (exact) mass is 391 g/mol. The lowest BCUT2D eigenvalue weighted by molar-refractivity contribution is 0.0593. The van der Waals surface area contributed by atoms with Crippen LogP contribution in [0.4, 0.5) is 0 Å². The zero-order valence-corrected chi connectivity index (χ0v) is 15.5. The van der Waals surface area contributed by atoms with Crippen molar-refractivity contribution in [1.82, 2.24) is 13.9 Å². The molecular weight excluding hydrogens is 378 g/mol. The van der Waals surface area contributed by atoms with E-state index >= 15 is 0 Å². The van der Waals surface area contributed by atoms with Crippen molar-refractivity contribution < 1.29 is 17.9 Å². The van der Waals surface area contributed by atoms with Gasteiger partial charge >= 0.3 is 5.97 Å². The van der Waals surface area contributed by atoms with Crippen LogP contribution in [0.2, 0.25) is 5.28 Å². The van der Waals surface area contributed by atoms with Gasteiger partial charge in [0.1, 0.15) is 5.69 Å². The lowest BCUT2D eigenvalue weighted by Crippen LogP contribution is -2.18. The number of hydrogen-bond donors (Lipinski definition) is 0. The number of rotatable bonds is 4. The summed E-state index contributed by atoms with van der Waals surface area (Å²) in [4.78, 5) is 20.0. The van der Waals surface area contributed by atoms with Gasteiger partial charge in [0.15, 0.2) is 0 Å². The molecule has 0 unspecified atom stereocenters. The fourth-order valence-corrected chi connectivity index (χ4v) is 3.85. The van der Waals surface area contributed by atoms with Crippen molar-refractivity contribution in [2.75, 3.05) is 7.11 Å². The number of halogens is 1. The van der Waals surface area contributed by atoms with Gasteiger partial charge in [-0.05, 0) is 42.8 Å². The largest absolute Gasteiger partial charge is 0.464 e. The van der Waals surface area contributed by atoms with Crippen LogP contribution >= 0.6 is 11.6 Å². The van der Waals surface area contributed by atoms with Gasteiger partial charge in [0.05, 0.1) is 17.7 Å². The van der Waals surface area contributed by atoms with E-state index in [1.807, 2.05) is 6.92 Å². The number of aromatic nitrogens is 3. The van der Waals surface area contributed by atoms with Gasteiger partial charge in [-0.25, -0.2) is 27.2 Å². The Hall–Kier alpha value is -2.71. The number of carbonyl (C=O) groups excluding carboxylic acids is 1. The van der Waals surface area contributed by atoms with E-state index in [9.17, 15) is 13.2 Å². The molecule has 0 fully saturated rings. The SMILES string of the molecule is COC(=O)c1cc(-c2ccnc(Cl)n2)cn1S(=O)(=O)c1ccc(C)cc1. The molecule has 0 N–H and O–H groups in total. The van der Waals surface area contributed by atoms with Gasteiger partial charge in [0, 0.05) is 18.0 Å². The molecular formula is C17H14ClN3O4S. The summed E-state index contributed by atoms with van der Waals surface area (Å²) < 4.78 is 31.6. The van der Waals surface area contributed by atoms with E-state index in [4.69, 9.17) is 16.3 Å². The molecule has 0 saturated carbocycles. The van der Waals surface area contributed by atoms with E-state index in [1.165, 1.54) is 37.7 Å². The van der Waals surface area contributed by atoms with Crippen molar-refractivity contribution in [1.29, 1.82) is 0 Å². The van der Waals surface area contributed by atoms with Gasteiger partial charge in [-0.15, -0.1) is 0 Å². The highest BCUT2D eigenvalue weighted by Gasteiger charge is 2.25. The van der Waals surface area contributed by atoms with Crippen LogP contribution in [0.3, 0.4) is 0 Å². The van der Waals surface area contributed by atoms with E-state index in [0.717, 1.165) is 9.54 Å². The number of carbonyl (C=O) groups is 1. The van der Waals surface area contributed by atoms with E-state index < -0.39 is 16.0 Å². The number of methoxy groups -OCH3 is 1. The Bertz CT molecular complexity index is 1080. The molecule has 0 aliphatic heterocycles. The number of hydrogen-bond acceptors (Lipinski definition) is 6. The number of nitrogens with zero attached hydrogens (tertiary/aromatic N) is 3. The molecule has 1 aromatic carbocycles. The summed E-state index contributed by atoms with van der Waals surface area (Å²) >= 11 is 5.79. The van der Waals surface area contributed by atoms with Crippen molar-refractivity contribution in [2.24, 2.45) is 0 Å². The summed E-state index contributed by atoms with van der Waals surface area (Å²) in [6.45, 7) is 1.85. The second-order valence-corrected chi connectivity index (χ2v) is 7.58. The topological polar surface area (TPSA) is 91.2 Å². The molecule has 3 rings (SSSR count). The van der Waals surface area contributed by atoms with Crippen LogP contribution in [0.25, 0.3) is 11.3 Å². The molecule has 9 heteroatoms. The summed E-state index contributed by atoms with van der Waals surface area (Å²) in [5, 5.41) is 0.0104. The third-order valence-corrected chi connectivity index (χ3v) is 5.55. The minimum absolute atomic E-state index is 0.0104. The van der Waals surface area contributed by atoms with Crippen LogP contribution < -0.4 is 0 Å². The molecule has 134 valence electrons. The average Bonchev–Trinajstić information content (AvgIpc) is 3.08. The minimum Gasteiger partial charge on any atom is -0.464 e. The zero-order chi connectivity index (χ0) is 18.9. The molecule has 3 aromatic rings. The Morgan fingerprint density at radius 1 is 1.19 bits per heavy atom. The number of esters is 1. The number of benzene rings is 1. The molecule has 0 saturated heterocycles.